The summed E-state index contributed by atoms with van der Waals surface area (Å²) in [6, 6.07) is 5.43. The van der Waals surface area contributed by atoms with Crippen LogP contribution in [0.25, 0.3) is 0 Å². The maximum absolute atomic E-state index is 6.31. The summed E-state index contributed by atoms with van der Waals surface area (Å²) in [5.74, 6) is 1.84. The molecular weight excluding hydrogens is 399 g/mol. The van der Waals surface area contributed by atoms with Gasteiger partial charge < -0.3 is 14.5 Å². The summed E-state index contributed by atoms with van der Waals surface area (Å²) >= 11 is 12.3. The fourth-order valence-electron chi connectivity index (χ4n) is 3.56. The Bertz CT molecular complexity index is 923. The number of aliphatic imine (C=N–C) groups is 1. The highest BCUT2D eigenvalue weighted by Gasteiger charge is 2.36. The molecule has 4 rings (SSSR count). The van der Waals surface area contributed by atoms with E-state index in [-0.39, 0.29) is 0 Å². The van der Waals surface area contributed by atoms with Crippen molar-refractivity contribution in [2.75, 3.05) is 26.9 Å². The Morgan fingerprint density at radius 3 is 2.79 bits per heavy atom. The summed E-state index contributed by atoms with van der Waals surface area (Å²) < 4.78 is 6.23. The molecule has 1 aromatic carbocycles. The lowest BCUT2D eigenvalue weighted by molar-refractivity contribution is -0.0972. The number of halogens is 2. The number of hydrogen-bond acceptors (Lipinski definition) is 6. The topological polar surface area (TPSA) is 40.5 Å². The van der Waals surface area contributed by atoms with E-state index in [0.717, 1.165) is 47.2 Å². The van der Waals surface area contributed by atoms with Gasteiger partial charge >= 0.3 is 0 Å². The van der Waals surface area contributed by atoms with Gasteiger partial charge in [-0.2, -0.15) is 0 Å². The van der Waals surface area contributed by atoms with Crippen molar-refractivity contribution in [1.82, 2.24) is 14.9 Å². The quantitative estimate of drug-likeness (QED) is 0.707. The summed E-state index contributed by atoms with van der Waals surface area (Å²) in [7, 11) is 1.66. The van der Waals surface area contributed by atoms with E-state index < -0.39 is 0 Å². The molecule has 6 nitrogen and oxygen atoms in total. The lowest BCUT2D eigenvalue weighted by atomic mass is 10.1. The number of allylic oxidation sites excluding steroid dienone is 1. The molecule has 0 radical (unpaired) electrons. The summed E-state index contributed by atoms with van der Waals surface area (Å²) in [5.41, 5.74) is 3.86. The zero-order chi connectivity index (χ0) is 19.8. The van der Waals surface area contributed by atoms with E-state index in [0.29, 0.717) is 23.3 Å². The van der Waals surface area contributed by atoms with Crippen LogP contribution in [-0.4, -0.2) is 47.9 Å². The molecule has 3 aliphatic heterocycles. The fraction of sp³-hybridized carbons (Fsp3) is 0.350. The van der Waals surface area contributed by atoms with Crippen LogP contribution in [0.15, 0.2) is 57.9 Å². The van der Waals surface area contributed by atoms with Crippen LogP contribution in [0.4, 0.5) is 0 Å². The highest BCUT2D eigenvalue weighted by atomic mass is 35.5. The molecule has 8 heteroatoms. The van der Waals surface area contributed by atoms with Gasteiger partial charge in [-0.25, -0.2) is 10.1 Å². The molecule has 0 N–H and O–H groups in total. The molecule has 1 aromatic rings. The van der Waals surface area contributed by atoms with E-state index >= 15 is 0 Å². The molecule has 0 aliphatic carbocycles. The summed E-state index contributed by atoms with van der Waals surface area (Å²) in [4.78, 5) is 14.6. The van der Waals surface area contributed by atoms with E-state index in [9.17, 15) is 0 Å². The van der Waals surface area contributed by atoms with Gasteiger partial charge in [0.15, 0.2) is 0 Å². The second-order valence-corrected chi connectivity index (χ2v) is 7.65. The molecule has 0 aromatic heterocycles. The number of rotatable bonds is 5. The minimum Gasteiger partial charge on any atom is -0.486 e. The van der Waals surface area contributed by atoms with Crippen LogP contribution < -0.4 is 0 Å². The van der Waals surface area contributed by atoms with Crippen LogP contribution in [0.2, 0.25) is 10.0 Å². The van der Waals surface area contributed by atoms with E-state index in [4.69, 9.17) is 37.8 Å². The zero-order valence-electron chi connectivity index (χ0n) is 16.1. The molecule has 0 saturated heterocycles. The Morgan fingerprint density at radius 1 is 1.25 bits per heavy atom. The summed E-state index contributed by atoms with van der Waals surface area (Å²) in [6.45, 7) is 6.85. The highest BCUT2D eigenvalue weighted by molar-refractivity contribution is 6.35. The van der Waals surface area contributed by atoms with Gasteiger partial charge in [0.2, 0.25) is 0 Å². The first kappa shape index (κ1) is 19.2. The number of likely N-dealkylation sites (N-methyl/N-ethyl adjacent to an activating group) is 1. The van der Waals surface area contributed by atoms with Crippen LogP contribution in [0.1, 0.15) is 19.4 Å². The number of hydroxylamine groups is 2. The predicted octanol–water partition coefficient (Wildman–Crippen LogP) is 4.35. The fourth-order valence-corrected chi connectivity index (χ4v) is 4.02. The van der Waals surface area contributed by atoms with Crippen molar-refractivity contribution in [3.8, 4) is 0 Å². The van der Waals surface area contributed by atoms with Crippen molar-refractivity contribution in [3.63, 3.8) is 0 Å². The van der Waals surface area contributed by atoms with Crippen molar-refractivity contribution in [2.45, 2.75) is 20.5 Å². The largest absolute Gasteiger partial charge is 0.486 e. The Hall–Kier alpha value is -2.15. The van der Waals surface area contributed by atoms with Crippen molar-refractivity contribution in [1.29, 1.82) is 0 Å². The van der Waals surface area contributed by atoms with Crippen LogP contribution >= 0.6 is 23.2 Å². The smallest absolute Gasteiger partial charge is 0.149 e. The van der Waals surface area contributed by atoms with E-state index in [1.807, 2.05) is 24.5 Å². The molecule has 148 valence electrons. The van der Waals surface area contributed by atoms with Gasteiger partial charge in [-0.15, -0.1) is 0 Å². The van der Waals surface area contributed by atoms with Gasteiger partial charge in [0, 0.05) is 28.7 Å². The van der Waals surface area contributed by atoms with Gasteiger partial charge in [0.1, 0.15) is 30.6 Å². The zero-order valence-corrected chi connectivity index (χ0v) is 17.6. The third-order valence-electron chi connectivity index (χ3n) is 5.00. The Kier molecular flexibility index (Phi) is 5.27. The Morgan fingerprint density at radius 2 is 2.07 bits per heavy atom. The predicted molar refractivity (Wildman–Crippen MR) is 110 cm³/mol. The first-order valence-corrected chi connectivity index (χ1v) is 9.87. The lowest BCUT2D eigenvalue weighted by Crippen LogP contribution is -2.42. The maximum atomic E-state index is 6.31. The lowest BCUT2D eigenvalue weighted by Gasteiger charge is -2.40. The van der Waals surface area contributed by atoms with E-state index in [1.165, 1.54) is 0 Å². The number of ether oxygens (including phenoxy) is 1. The summed E-state index contributed by atoms with van der Waals surface area (Å²) in [5, 5.41) is 2.99. The molecule has 0 spiro atoms. The van der Waals surface area contributed by atoms with Gasteiger partial charge in [-0.05, 0) is 31.6 Å². The average molecular weight is 421 g/mol. The van der Waals surface area contributed by atoms with Gasteiger partial charge in [-0.3, -0.25) is 4.84 Å². The molecule has 0 unspecified atom stereocenters. The van der Waals surface area contributed by atoms with Crippen molar-refractivity contribution in [2.24, 2.45) is 4.99 Å². The minimum atomic E-state index is 0.355. The molecule has 3 heterocycles. The Labute approximate surface area is 174 Å². The first-order chi connectivity index (χ1) is 13.5. The van der Waals surface area contributed by atoms with Crippen molar-refractivity contribution >= 4 is 29.4 Å². The van der Waals surface area contributed by atoms with Crippen LogP contribution in [0.3, 0.4) is 0 Å². The Balaban J connectivity index is 1.64. The molecule has 0 atom stereocenters. The van der Waals surface area contributed by atoms with Crippen molar-refractivity contribution < 1.29 is 9.57 Å². The monoisotopic (exact) mass is 420 g/mol. The number of nitrogens with zero attached hydrogens (tertiary/aromatic N) is 4. The van der Waals surface area contributed by atoms with Crippen molar-refractivity contribution in [3.05, 3.63) is 68.6 Å². The van der Waals surface area contributed by atoms with Crippen LogP contribution in [0.5, 0.6) is 0 Å². The molecule has 0 fully saturated rings. The SMILES string of the molecule is CCN1CC(C)=C(OCc2ccc(Cl)cc2Cl)C2=C1N1CN(OC)C=C1C=N2. The molecule has 0 saturated carbocycles. The number of benzene rings is 1. The van der Waals surface area contributed by atoms with Crippen LogP contribution in [0, 0.1) is 0 Å². The minimum absolute atomic E-state index is 0.355. The normalized spacial score (nSPS) is 18.6. The second kappa shape index (κ2) is 7.70. The standard InChI is InChI=1S/C20H22Cl2N4O2/c1-4-24-9-13(2)19(28-11-14-5-6-15(21)7-17(14)22)18-20(24)26-12-25(27-3)10-16(26)8-23-18/h5-8,10H,4,9,11-12H2,1-3H3. The highest BCUT2D eigenvalue weighted by Crippen LogP contribution is 2.37. The molecule has 28 heavy (non-hydrogen) atoms. The summed E-state index contributed by atoms with van der Waals surface area (Å²) in [6.07, 6.45) is 3.79. The van der Waals surface area contributed by atoms with E-state index in [2.05, 4.69) is 23.6 Å². The first-order valence-electron chi connectivity index (χ1n) is 9.12. The molecule has 0 amide bonds. The maximum Gasteiger partial charge on any atom is 0.149 e. The third-order valence-corrected chi connectivity index (χ3v) is 5.58. The van der Waals surface area contributed by atoms with Gasteiger partial charge in [-0.1, -0.05) is 29.3 Å². The molecule has 3 aliphatic rings. The van der Waals surface area contributed by atoms with Gasteiger partial charge in [0.05, 0.1) is 25.2 Å². The van der Waals surface area contributed by atoms with Crippen LogP contribution in [-0.2, 0) is 16.2 Å². The second-order valence-electron chi connectivity index (χ2n) is 6.80. The van der Waals surface area contributed by atoms with Gasteiger partial charge in [0.25, 0.3) is 0 Å². The molecule has 0 bridgehead atoms. The van der Waals surface area contributed by atoms with E-state index in [1.54, 1.807) is 18.2 Å². The average Bonchev–Trinajstić information content (AvgIpc) is 3.11. The number of hydrogen-bond donors (Lipinski definition) is 0. The third kappa shape index (κ3) is 3.36. The molecular formula is C20H22Cl2N4O2. The number of fused-ring (bicyclic) bond motifs is 2.